The monoisotopic (exact) mass is 465 g/mol. The lowest BCUT2D eigenvalue weighted by atomic mass is 10.0. The number of urea groups is 1. The van der Waals surface area contributed by atoms with Gasteiger partial charge in [0, 0.05) is 0 Å². The van der Waals surface area contributed by atoms with Crippen molar-refractivity contribution in [3.05, 3.63) is 41.5 Å². The van der Waals surface area contributed by atoms with Crippen molar-refractivity contribution < 1.29 is 27.1 Å². The number of aromatic nitrogens is 3. The van der Waals surface area contributed by atoms with E-state index in [1.54, 1.807) is 19.1 Å². The number of amides is 3. The Bertz CT molecular complexity index is 1130. The van der Waals surface area contributed by atoms with E-state index in [4.69, 9.17) is 4.74 Å². The number of halogens is 1. The predicted octanol–water partition coefficient (Wildman–Crippen LogP) is 1.43. The van der Waals surface area contributed by atoms with Gasteiger partial charge in [-0.15, -0.1) is 0 Å². The highest BCUT2D eigenvalue weighted by atomic mass is 32.2. The minimum Gasteiger partial charge on any atom is -0.490 e. The molecule has 1 aliphatic heterocycles. The molecule has 2 heterocycles. The maximum Gasteiger partial charge on any atom is 0.324 e. The van der Waals surface area contributed by atoms with Crippen LogP contribution in [0.5, 0.6) is 5.75 Å². The highest BCUT2D eigenvalue weighted by Crippen LogP contribution is 2.31. The Balaban J connectivity index is 1.36. The summed E-state index contributed by atoms with van der Waals surface area (Å²) in [7, 11) is -3.60. The molecule has 1 aromatic heterocycles. The third-order valence-electron chi connectivity index (χ3n) is 5.32. The Hall–Kier alpha value is -3.02. The molecule has 1 atom stereocenters. The summed E-state index contributed by atoms with van der Waals surface area (Å²) in [6, 6.07) is 3.89. The van der Waals surface area contributed by atoms with Crippen LogP contribution in [0.4, 0.5) is 9.18 Å². The lowest BCUT2D eigenvalue weighted by Crippen LogP contribution is -2.28. The number of imide groups is 1. The van der Waals surface area contributed by atoms with Crippen LogP contribution in [-0.4, -0.2) is 59.2 Å². The quantitative estimate of drug-likeness (QED) is 0.527. The fraction of sp³-hybridized carbons (Fsp3) is 0.500. The van der Waals surface area contributed by atoms with Gasteiger partial charge in [-0.1, -0.05) is 13.0 Å². The first kappa shape index (κ1) is 22.2. The molecule has 1 saturated carbocycles. The van der Waals surface area contributed by atoms with Gasteiger partial charge < -0.3 is 9.64 Å². The lowest BCUT2D eigenvalue weighted by Gasteiger charge is -2.15. The third kappa shape index (κ3) is 5.61. The van der Waals surface area contributed by atoms with Crippen molar-refractivity contribution >= 4 is 21.8 Å². The number of benzene rings is 1. The number of hydrogen-bond donors (Lipinski definition) is 1. The number of nitrogens with one attached hydrogen (secondary N) is 1. The average molecular weight is 466 g/mol. The molecule has 0 bridgehead atoms. The number of hydrogen-bond acceptors (Lipinski definition) is 7. The van der Waals surface area contributed by atoms with E-state index in [1.807, 2.05) is 0 Å². The van der Waals surface area contributed by atoms with Crippen molar-refractivity contribution in [2.75, 3.05) is 18.9 Å². The molecule has 0 unspecified atom stereocenters. The number of carbonyl (C=O) groups is 2. The van der Waals surface area contributed by atoms with Crippen LogP contribution in [0.3, 0.4) is 0 Å². The minimum atomic E-state index is -3.60. The minimum absolute atomic E-state index is 0.0488. The maximum atomic E-state index is 14.0. The Kier molecular flexibility index (Phi) is 6.13. The van der Waals surface area contributed by atoms with Crippen LogP contribution >= 0.6 is 0 Å². The van der Waals surface area contributed by atoms with E-state index in [2.05, 4.69) is 15.5 Å². The molecule has 2 fully saturated rings. The van der Waals surface area contributed by atoms with E-state index >= 15 is 0 Å². The maximum absolute atomic E-state index is 14.0. The van der Waals surface area contributed by atoms with Crippen LogP contribution in [0.25, 0.3) is 0 Å². The van der Waals surface area contributed by atoms with Gasteiger partial charge in [0.2, 0.25) is 5.91 Å². The van der Waals surface area contributed by atoms with Gasteiger partial charge in [-0.25, -0.2) is 17.6 Å². The molecule has 1 N–H and O–H groups in total. The highest BCUT2D eigenvalue weighted by Gasteiger charge is 2.28. The topological polar surface area (TPSA) is 123 Å². The summed E-state index contributed by atoms with van der Waals surface area (Å²) < 4.78 is 44.9. The van der Waals surface area contributed by atoms with E-state index < -0.39 is 39.4 Å². The molecule has 0 radical (unpaired) electrons. The molecule has 32 heavy (non-hydrogen) atoms. The first-order chi connectivity index (χ1) is 15.2. The second-order valence-corrected chi connectivity index (χ2v) is 10.4. The van der Waals surface area contributed by atoms with Crippen LogP contribution in [0, 0.1) is 11.7 Å². The summed E-state index contributed by atoms with van der Waals surface area (Å²) in [5.41, 5.74) is 1.04. The standard InChI is InChI=1S/C20H24FN5O5S/c1-13(15-4-5-17(21)18(6-15)31-10-14-2-3-14)11-32(29,30)12-26-22-7-16(24-26)8-25-9-19(27)23-20(25)28/h4-7,13-14H,2-3,8-12H2,1H3,(H,23,27,28)/t13-/m0/s1. The SMILES string of the molecule is C[C@@H](CS(=O)(=O)Cn1ncc(CN2CC(=O)NC2=O)n1)c1ccc(F)c(OCC2CC2)c1. The second kappa shape index (κ2) is 8.85. The second-order valence-electron chi connectivity index (χ2n) is 8.30. The zero-order valence-corrected chi connectivity index (χ0v) is 18.3. The molecule has 1 aromatic carbocycles. The number of rotatable bonds is 10. The van der Waals surface area contributed by atoms with Crippen molar-refractivity contribution in [3.63, 3.8) is 0 Å². The molecule has 0 spiro atoms. The summed E-state index contributed by atoms with van der Waals surface area (Å²) in [6.07, 6.45) is 3.53. The Morgan fingerprint density at radius 1 is 1.31 bits per heavy atom. The van der Waals surface area contributed by atoms with Gasteiger partial charge in [0.15, 0.2) is 27.3 Å². The first-order valence-corrected chi connectivity index (χ1v) is 12.1. The largest absolute Gasteiger partial charge is 0.490 e. The molecule has 1 saturated heterocycles. The van der Waals surface area contributed by atoms with E-state index in [-0.39, 0.29) is 24.6 Å². The first-order valence-electron chi connectivity index (χ1n) is 10.3. The summed E-state index contributed by atoms with van der Waals surface area (Å²) >= 11 is 0. The van der Waals surface area contributed by atoms with Crippen molar-refractivity contribution in [1.82, 2.24) is 25.2 Å². The molecular formula is C20H24FN5O5S. The number of nitrogens with zero attached hydrogens (tertiary/aromatic N) is 4. The molecule has 10 nitrogen and oxygen atoms in total. The zero-order valence-electron chi connectivity index (χ0n) is 17.5. The van der Waals surface area contributed by atoms with Crippen LogP contribution < -0.4 is 10.1 Å². The van der Waals surface area contributed by atoms with Crippen LogP contribution in [0.15, 0.2) is 24.4 Å². The van der Waals surface area contributed by atoms with Gasteiger partial charge in [-0.3, -0.25) is 10.1 Å². The van der Waals surface area contributed by atoms with Gasteiger partial charge in [0.25, 0.3) is 0 Å². The van der Waals surface area contributed by atoms with Gasteiger partial charge in [0.1, 0.15) is 12.2 Å². The Morgan fingerprint density at radius 3 is 2.78 bits per heavy atom. The summed E-state index contributed by atoms with van der Waals surface area (Å²) in [5.74, 6) is -1.26. The number of sulfone groups is 1. The van der Waals surface area contributed by atoms with Crippen LogP contribution in [0.1, 0.15) is 36.9 Å². The average Bonchev–Trinajstić information content (AvgIpc) is 3.36. The van der Waals surface area contributed by atoms with E-state index in [1.165, 1.54) is 17.2 Å². The molecule has 172 valence electrons. The molecule has 4 rings (SSSR count). The smallest absolute Gasteiger partial charge is 0.324 e. The Labute approximate surface area is 184 Å². The van der Waals surface area contributed by atoms with E-state index in [0.29, 0.717) is 23.8 Å². The number of ether oxygens (including phenoxy) is 1. The fourth-order valence-corrected chi connectivity index (χ4v) is 4.95. The molecule has 2 aliphatic rings. The van der Waals surface area contributed by atoms with Gasteiger partial charge in [0.05, 0.1) is 25.1 Å². The molecule has 1 aliphatic carbocycles. The molecule has 2 aromatic rings. The molecule has 3 amide bonds. The van der Waals surface area contributed by atoms with Crippen LogP contribution in [-0.2, 0) is 27.1 Å². The fourth-order valence-electron chi connectivity index (χ4n) is 3.41. The third-order valence-corrected chi connectivity index (χ3v) is 6.95. The van der Waals surface area contributed by atoms with Gasteiger partial charge in [-0.2, -0.15) is 15.0 Å². The summed E-state index contributed by atoms with van der Waals surface area (Å²) in [4.78, 5) is 25.2. The highest BCUT2D eigenvalue weighted by molar-refractivity contribution is 7.90. The zero-order chi connectivity index (χ0) is 22.9. The Morgan fingerprint density at radius 2 is 2.09 bits per heavy atom. The van der Waals surface area contributed by atoms with Crippen molar-refractivity contribution in [2.45, 2.75) is 38.1 Å². The van der Waals surface area contributed by atoms with Crippen LogP contribution in [0.2, 0.25) is 0 Å². The van der Waals surface area contributed by atoms with Crippen molar-refractivity contribution in [2.24, 2.45) is 5.92 Å². The lowest BCUT2D eigenvalue weighted by molar-refractivity contribution is -0.118. The summed E-state index contributed by atoms with van der Waals surface area (Å²) in [5, 5.41) is 10.2. The normalized spacial score (nSPS) is 17.5. The number of carbonyl (C=O) groups excluding carboxylic acids is 2. The van der Waals surface area contributed by atoms with Crippen molar-refractivity contribution in [3.8, 4) is 5.75 Å². The molecular weight excluding hydrogens is 441 g/mol. The van der Waals surface area contributed by atoms with E-state index in [9.17, 15) is 22.4 Å². The van der Waals surface area contributed by atoms with E-state index in [0.717, 1.165) is 17.6 Å². The summed E-state index contributed by atoms with van der Waals surface area (Å²) in [6.45, 7) is 2.19. The van der Waals surface area contributed by atoms with Crippen molar-refractivity contribution in [1.29, 1.82) is 0 Å². The molecule has 12 heteroatoms. The van der Waals surface area contributed by atoms with Gasteiger partial charge >= 0.3 is 6.03 Å². The van der Waals surface area contributed by atoms with Gasteiger partial charge in [-0.05, 0) is 42.4 Å². The predicted molar refractivity (Wildman–Crippen MR) is 111 cm³/mol.